The second kappa shape index (κ2) is 9.75. The lowest BCUT2D eigenvalue weighted by atomic mass is 10.1. The first kappa shape index (κ1) is 21.1. The third-order valence-corrected chi connectivity index (χ3v) is 4.73. The van der Waals surface area contributed by atoms with E-state index in [-0.39, 0.29) is 5.56 Å². The molecular weight excluding hydrogens is 409 g/mol. The Labute approximate surface area is 175 Å². The fraction of sp³-hybridized carbons (Fsp3) is 0.143. The molecule has 2 amide bonds. The van der Waals surface area contributed by atoms with Gasteiger partial charge in [-0.3, -0.25) is 19.7 Å². The van der Waals surface area contributed by atoms with Crippen LogP contribution < -0.4 is 10.6 Å². The number of benzene rings is 2. The Morgan fingerprint density at radius 3 is 2.57 bits per heavy atom. The van der Waals surface area contributed by atoms with E-state index in [4.69, 9.17) is 4.74 Å². The maximum absolute atomic E-state index is 13.5. The molecule has 0 aliphatic heterocycles. The molecule has 30 heavy (non-hydrogen) atoms. The molecule has 0 fully saturated rings. The number of ether oxygens (including phenoxy) is 1. The lowest BCUT2D eigenvalue weighted by Crippen LogP contribution is -2.32. The molecule has 3 rings (SSSR count). The van der Waals surface area contributed by atoms with Gasteiger partial charge in [0.25, 0.3) is 11.8 Å². The predicted octanol–water partition coefficient (Wildman–Crippen LogP) is 3.17. The summed E-state index contributed by atoms with van der Waals surface area (Å²) in [7, 11) is 0. The van der Waals surface area contributed by atoms with Gasteiger partial charge in [0, 0.05) is 10.9 Å². The van der Waals surface area contributed by atoms with Gasteiger partial charge in [-0.1, -0.05) is 42.0 Å². The molecular formula is C21H18FN3O4S. The maximum Gasteiger partial charge on any atom is 0.325 e. The molecule has 0 aliphatic carbocycles. The average molecular weight is 427 g/mol. The van der Waals surface area contributed by atoms with E-state index >= 15 is 0 Å². The second-order valence-electron chi connectivity index (χ2n) is 6.28. The molecule has 154 valence electrons. The van der Waals surface area contributed by atoms with Gasteiger partial charge in [-0.15, -0.1) is 11.3 Å². The molecule has 2 aromatic carbocycles. The van der Waals surface area contributed by atoms with Crippen LogP contribution in [0.1, 0.15) is 15.9 Å². The summed E-state index contributed by atoms with van der Waals surface area (Å²) in [6.07, 6.45) is 0. The second-order valence-corrected chi connectivity index (χ2v) is 7.13. The van der Waals surface area contributed by atoms with Crippen molar-refractivity contribution in [2.24, 2.45) is 0 Å². The van der Waals surface area contributed by atoms with Crippen molar-refractivity contribution in [3.05, 3.63) is 70.9 Å². The quantitative estimate of drug-likeness (QED) is 0.565. The Morgan fingerprint density at radius 2 is 1.83 bits per heavy atom. The lowest BCUT2D eigenvalue weighted by molar-refractivity contribution is -0.146. The standard InChI is InChI=1S/C21H18FN3O4S/c1-13-6-8-14(9-7-13)17-12-30-21(24-17)25-18(26)11-29-19(27)10-23-20(28)15-4-2-3-5-16(15)22/h2-9,12H,10-11H2,1H3,(H,23,28)(H,24,25,26). The molecule has 2 N–H and O–H groups in total. The van der Waals surface area contributed by atoms with Crippen molar-refractivity contribution >= 4 is 34.3 Å². The van der Waals surface area contributed by atoms with Crippen LogP contribution in [0.15, 0.2) is 53.9 Å². The normalized spacial score (nSPS) is 10.3. The monoisotopic (exact) mass is 427 g/mol. The number of thiazole rings is 1. The summed E-state index contributed by atoms with van der Waals surface area (Å²) in [5, 5.41) is 6.98. The molecule has 7 nitrogen and oxygen atoms in total. The van der Waals surface area contributed by atoms with Gasteiger partial charge in [-0.05, 0) is 19.1 Å². The Balaban J connectivity index is 1.43. The molecule has 1 aromatic heterocycles. The number of nitrogens with zero attached hydrogens (tertiary/aromatic N) is 1. The van der Waals surface area contributed by atoms with Crippen LogP contribution in [0.2, 0.25) is 0 Å². The van der Waals surface area contributed by atoms with Gasteiger partial charge >= 0.3 is 5.97 Å². The number of anilines is 1. The zero-order valence-corrected chi connectivity index (χ0v) is 16.8. The summed E-state index contributed by atoms with van der Waals surface area (Å²) in [5.41, 5.74) is 2.60. The third kappa shape index (κ3) is 5.71. The molecule has 0 atom stereocenters. The molecule has 0 spiro atoms. The summed E-state index contributed by atoms with van der Waals surface area (Å²) >= 11 is 1.25. The van der Waals surface area contributed by atoms with E-state index in [9.17, 15) is 18.8 Å². The smallest absolute Gasteiger partial charge is 0.325 e. The highest BCUT2D eigenvalue weighted by Crippen LogP contribution is 2.25. The van der Waals surface area contributed by atoms with Gasteiger partial charge in [0.2, 0.25) is 0 Å². The largest absolute Gasteiger partial charge is 0.454 e. The van der Waals surface area contributed by atoms with Crippen LogP contribution in [0.5, 0.6) is 0 Å². The van der Waals surface area contributed by atoms with Crippen molar-refractivity contribution in [3.63, 3.8) is 0 Å². The first-order valence-electron chi connectivity index (χ1n) is 8.93. The van der Waals surface area contributed by atoms with Crippen molar-refractivity contribution in [1.82, 2.24) is 10.3 Å². The number of aryl methyl sites for hydroxylation is 1. The number of aromatic nitrogens is 1. The summed E-state index contributed by atoms with van der Waals surface area (Å²) in [5.74, 6) is -2.83. The van der Waals surface area contributed by atoms with E-state index in [1.807, 2.05) is 36.6 Å². The molecule has 9 heteroatoms. The number of hydrogen-bond donors (Lipinski definition) is 2. The highest BCUT2D eigenvalue weighted by molar-refractivity contribution is 7.14. The number of hydrogen-bond acceptors (Lipinski definition) is 6. The minimum Gasteiger partial charge on any atom is -0.454 e. The number of amides is 2. The van der Waals surface area contributed by atoms with Crippen LogP contribution in [0.4, 0.5) is 9.52 Å². The maximum atomic E-state index is 13.5. The molecule has 3 aromatic rings. The molecule has 0 bridgehead atoms. The topological polar surface area (TPSA) is 97.4 Å². The van der Waals surface area contributed by atoms with Crippen LogP contribution in [0.3, 0.4) is 0 Å². The Bertz CT molecular complexity index is 1070. The van der Waals surface area contributed by atoms with Crippen LogP contribution >= 0.6 is 11.3 Å². The predicted molar refractivity (Wildman–Crippen MR) is 111 cm³/mol. The van der Waals surface area contributed by atoms with E-state index in [0.29, 0.717) is 5.13 Å². The molecule has 1 heterocycles. The van der Waals surface area contributed by atoms with E-state index < -0.39 is 36.8 Å². The minimum atomic E-state index is -0.825. The Morgan fingerprint density at radius 1 is 1.10 bits per heavy atom. The van der Waals surface area contributed by atoms with Crippen molar-refractivity contribution in [2.75, 3.05) is 18.5 Å². The highest BCUT2D eigenvalue weighted by atomic mass is 32.1. The number of esters is 1. The summed E-state index contributed by atoms with van der Waals surface area (Å²) < 4.78 is 18.3. The SMILES string of the molecule is Cc1ccc(-c2csc(NC(=O)COC(=O)CNC(=O)c3ccccc3F)n2)cc1. The van der Waals surface area contributed by atoms with Crippen LogP contribution in [0, 0.1) is 12.7 Å². The lowest BCUT2D eigenvalue weighted by Gasteiger charge is -2.07. The van der Waals surface area contributed by atoms with Crippen molar-refractivity contribution in [3.8, 4) is 11.3 Å². The van der Waals surface area contributed by atoms with E-state index in [2.05, 4.69) is 15.6 Å². The van der Waals surface area contributed by atoms with Gasteiger partial charge in [-0.25, -0.2) is 9.37 Å². The van der Waals surface area contributed by atoms with Crippen LogP contribution in [0.25, 0.3) is 11.3 Å². The van der Waals surface area contributed by atoms with Crippen molar-refractivity contribution < 1.29 is 23.5 Å². The van der Waals surface area contributed by atoms with Gasteiger partial charge in [-0.2, -0.15) is 0 Å². The van der Waals surface area contributed by atoms with Crippen molar-refractivity contribution in [1.29, 1.82) is 0 Å². The first-order valence-corrected chi connectivity index (χ1v) is 9.81. The first-order chi connectivity index (χ1) is 14.4. The number of nitrogens with one attached hydrogen (secondary N) is 2. The number of rotatable bonds is 7. The van der Waals surface area contributed by atoms with Crippen molar-refractivity contribution in [2.45, 2.75) is 6.92 Å². The minimum absolute atomic E-state index is 0.184. The van der Waals surface area contributed by atoms with E-state index in [0.717, 1.165) is 22.9 Å². The number of carbonyl (C=O) groups is 3. The molecule has 0 aliphatic rings. The highest BCUT2D eigenvalue weighted by Gasteiger charge is 2.14. The van der Waals surface area contributed by atoms with Crippen LogP contribution in [-0.2, 0) is 14.3 Å². The van der Waals surface area contributed by atoms with Gasteiger partial charge in [0.05, 0.1) is 11.3 Å². The number of carbonyl (C=O) groups excluding carboxylic acids is 3. The van der Waals surface area contributed by atoms with Gasteiger partial charge in [0.1, 0.15) is 12.4 Å². The summed E-state index contributed by atoms with van der Waals surface area (Å²) in [6.45, 7) is 0.965. The zero-order chi connectivity index (χ0) is 21.5. The summed E-state index contributed by atoms with van der Waals surface area (Å²) in [4.78, 5) is 39.8. The van der Waals surface area contributed by atoms with Crippen LogP contribution in [-0.4, -0.2) is 35.9 Å². The van der Waals surface area contributed by atoms with Gasteiger partial charge in [0.15, 0.2) is 11.7 Å². The van der Waals surface area contributed by atoms with Gasteiger partial charge < -0.3 is 10.1 Å². The summed E-state index contributed by atoms with van der Waals surface area (Å²) in [6, 6.07) is 13.2. The van der Waals surface area contributed by atoms with E-state index in [1.165, 1.54) is 29.5 Å². The third-order valence-electron chi connectivity index (χ3n) is 3.97. The average Bonchev–Trinajstić information content (AvgIpc) is 3.19. The number of halogens is 1. The molecule has 0 unspecified atom stereocenters. The van der Waals surface area contributed by atoms with E-state index in [1.54, 1.807) is 0 Å². The zero-order valence-electron chi connectivity index (χ0n) is 16.0. The Kier molecular flexibility index (Phi) is 6.87. The Hall–Kier alpha value is -3.59. The molecule has 0 radical (unpaired) electrons. The fourth-order valence-corrected chi connectivity index (χ4v) is 3.17. The molecule has 0 saturated heterocycles. The fourth-order valence-electron chi connectivity index (χ4n) is 2.43. The molecule has 0 saturated carbocycles.